The van der Waals surface area contributed by atoms with Gasteiger partial charge in [0.05, 0.1) is 19.4 Å². The van der Waals surface area contributed by atoms with E-state index in [-0.39, 0.29) is 12.0 Å². The number of nitrogens with zero attached hydrogens (tertiary/aromatic N) is 2. The number of hydrogen-bond donors (Lipinski definition) is 0. The summed E-state index contributed by atoms with van der Waals surface area (Å²) in [4.78, 5) is 30.6. The Morgan fingerprint density at radius 3 is 2.96 bits per heavy atom. The molecule has 2 aromatic rings. The highest BCUT2D eigenvalue weighted by Gasteiger charge is 2.22. The van der Waals surface area contributed by atoms with Crippen LogP contribution in [-0.2, 0) is 9.47 Å². The number of anilines is 1. The molecule has 1 aromatic heterocycles. The van der Waals surface area contributed by atoms with Gasteiger partial charge in [-0.2, -0.15) is 0 Å². The summed E-state index contributed by atoms with van der Waals surface area (Å²) >= 11 is 1.12. The molecule has 3 rings (SSSR count). The molecule has 1 amide bonds. The van der Waals surface area contributed by atoms with Gasteiger partial charge in [0.25, 0.3) is 5.91 Å². The van der Waals surface area contributed by atoms with E-state index in [1.165, 1.54) is 18.2 Å². The third kappa shape index (κ3) is 4.64. The molecule has 27 heavy (non-hydrogen) atoms. The maximum atomic E-state index is 12.9. The fraction of sp³-hybridized carbons (Fsp3) is 0.421. The van der Waals surface area contributed by atoms with E-state index in [1.807, 2.05) is 13.0 Å². The molecule has 1 aliphatic rings. The number of methoxy groups -OCH3 is 1. The van der Waals surface area contributed by atoms with E-state index in [2.05, 4.69) is 4.98 Å². The summed E-state index contributed by atoms with van der Waals surface area (Å²) in [5.41, 5.74) is 0.497. The van der Waals surface area contributed by atoms with Crippen LogP contribution in [0.3, 0.4) is 0 Å². The summed E-state index contributed by atoms with van der Waals surface area (Å²) in [5.74, 6) is -0.0422. The number of thiazole rings is 1. The van der Waals surface area contributed by atoms with Gasteiger partial charge in [-0.25, -0.2) is 9.78 Å². The first-order valence-corrected chi connectivity index (χ1v) is 9.64. The number of esters is 1. The molecular formula is C19H22N2O5S. The Hall–Kier alpha value is -2.45. The molecule has 1 aliphatic heterocycles. The van der Waals surface area contributed by atoms with Crippen LogP contribution in [0.2, 0.25) is 0 Å². The molecule has 0 aliphatic carbocycles. The SMILES string of the molecule is CCN(C(=O)c1cccc(OC[C@H]2CCCO2)c1)c1ncc(C(=O)OC)s1. The minimum Gasteiger partial charge on any atom is -0.491 e. The Kier molecular flexibility index (Phi) is 6.41. The van der Waals surface area contributed by atoms with Crippen LogP contribution >= 0.6 is 11.3 Å². The summed E-state index contributed by atoms with van der Waals surface area (Å²) < 4.78 is 16.0. The molecule has 2 heterocycles. The maximum absolute atomic E-state index is 12.9. The van der Waals surface area contributed by atoms with Gasteiger partial charge in [0.15, 0.2) is 5.13 Å². The first-order valence-electron chi connectivity index (χ1n) is 8.82. The Labute approximate surface area is 161 Å². The Morgan fingerprint density at radius 2 is 2.26 bits per heavy atom. The smallest absolute Gasteiger partial charge is 0.349 e. The largest absolute Gasteiger partial charge is 0.491 e. The summed E-state index contributed by atoms with van der Waals surface area (Å²) in [6.45, 7) is 3.53. The average molecular weight is 390 g/mol. The minimum atomic E-state index is -0.466. The summed E-state index contributed by atoms with van der Waals surface area (Å²) in [7, 11) is 1.31. The molecule has 1 saturated heterocycles. The molecule has 144 valence electrons. The number of carbonyl (C=O) groups is 2. The zero-order valence-corrected chi connectivity index (χ0v) is 16.2. The Bertz CT molecular complexity index is 801. The number of aromatic nitrogens is 1. The normalized spacial score (nSPS) is 16.1. The molecule has 7 nitrogen and oxygen atoms in total. The molecule has 1 aromatic carbocycles. The standard InChI is InChI=1S/C19H22N2O5S/c1-3-21(19-20-11-16(27-19)18(23)24-2)17(22)13-6-4-7-14(10-13)26-12-15-8-5-9-25-15/h4,6-7,10-11,15H,3,5,8-9,12H2,1-2H3/t15-/m1/s1. The number of rotatable bonds is 7. The first-order chi connectivity index (χ1) is 13.1. The molecule has 0 unspecified atom stereocenters. The fourth-order valence-corrected chi connectivity index (χ4v) is 3.69. The quantitative estimate of drug-likeness (QED) is 0.676. The van der Waals surface area contributed by atoms with Crippen molar-refractivity contribution >= 4 is 28.3 Å². The van der Waals surface area contributed by atoms with Crippen molar-refractivity contribution in [1.82, 2.24) is 4.98 Å². The molecule has 1 atom stereocenters. The molecule has 0 radical (unpaired) electrons. The average Bonchev–Trinajstić information content (AvgIpc) is 3.39. The summed E-state index contributed by atoms with van der Waals surface area (Å²) in [6, 6.07) is 7.06. The molecule has 0 N–H and O–H groups in total. The number of hydrogen-bond acceptors (Lipinski definition) is 7. The molecule has 0 saturated carbocycles. The highest BCUT2D eigenvalue weighted by molar-refractivity contribution is 7.17. The Morgan fingerprint density at radius 1 is 1.41 bits per heavy atom. The lowest BCUT2D eigenvalue weighted by Crippen LogP contribution is -2.30. The van der Waals surface area contributed by atoms with Crippen molar-refractivity contribution < 1.29 is 23.8 Å². The van der Waals surface area contributed by atoms with Crippen molar-refractivity contribution in [1.29, 1.82) is 0 Å². The van der Waals surface area contributed by atoms with Gasteiger partial charge in [-0.3, -0.25) is 9.69 Å². The van der Waals surface area contributed by atoms with Crippen LogP contribution in [0.25, 0.3) is 0 Å². The zero-order chi connectivity index (χ0) is 19.2. The second-order valence-corrected chi connectivity index (χ2v) is 7.03. The maximum Gasteiger partial charge on any atom is 0.349 e. The van der Waals surface area contributed by atoms with Crippen LogP contribution in [0.1, 0.15) is 39.8 Å². The number of ether oxygens (including phenoxy) is 3. The van der Waals surface area contributed by atoms with Crippen molar-refractivity contribution in [3.05, 3.63) is 40.9 Å². The molecular weight excluding hydrogens is 368 g/mol. The van der Waals surface area contributed by atoms with E-state index in [0.717, 1.165) is 30.8 Å². The third-order valence-electron chi connectivity index (χ3n) is 4.21. The summed E-state index contributed by atoms with van der Waals surface area (Å²) in [5, 5.41) is 0.452. The van der Waals surface area contributed by atoms with Gasteiger partial charge >= 0.3 is 5.97 Å². The first kappa shape index (κ1) is 19.3. The fourth-order valence-electron chi connectivity index (χ4n) is 2.79. The van der Waals surface area contributed by atoms with E-state index in [1.54, 1.807) is 18.2 Å². The monoisotopic (exact) mass is 390 g/mol. The Balaban J connectivity index is 1.71. The third-order valence-corrected chi connectivity index (χ3v) is 5.21. The van der Waals surface area contributed by atoms with Crippen molar-refractivity contribution in [2.45, 2.75) is 25.9 Å². The van der Waals surface area contributed by atoms with Crippen LogP contribution in [0.15, 0.2) is 30.5 Å². The number of benzene rings is 1. The van der Waals surface area contributed by atoms with Crippen LogP contribution in [0.4, 0.5) is 5.13 Å². The summed E-state index contributed by atoms with van der Waals surface area (Å²) in [6.07, 6.45) is 3.58. The van der Waals surface area contributed by atoms with E-state index in [0.29, 0.717) is 34.5 Å². The second-order valence-electron chi connectivity index (χ2n) is 6.02. The lowest BCUT2D eigenvalue weighted by atomic mass is 10.2. The predicted molar refractivity (Wildman–Crippen MR) is 102 cm³/mol. The zero-order valence-electron chi connectivity index (χ0n) is 15.3. The van der Waals surface area contributed by atoms with Crippen molar-refractivity contribution in [3.8, 4) is 5.75 Å². The van der Waals surface area contributed by atoms with E-state index < -0.39 is 5.97 Å². The van der Waals surface area contributed by atoms with Gasteiger partial charge in [-0.15, -0.1) is 0 Å². The van der Waals surface area contributed by atoms with Gasteiger partial charge in [-0.1, -0.05) is 17.4 Å². The van der Waals surface area contributed by atoms with Crippen LogP contribution < -0.4 is 9.64 Å². The van der Waals surface area contributed by atoms with Crippen LogP contribution in [0.5, 0.6) is 5.75 Å². The van der Waals surface area contributed by atoms with Crippen LogP contribution in [-0.4, -0.2) is 49.8 Å². The lowest BCUT2D eigenvalue weighted by Gasteiger charge is -2.18. The van der Waals surface area contributed by atoms with Gasteiger partial charge in [0.2, 0.25) is 0 Å². The van der Waals surface area contributed by atoms with E-state index in [4.69, 9.17) is 14.2 Å². The highest BCUT2D eigenvalue weighted by atomic mass is 32.1. The second kappa shape index (κ2) is 8.96. The van der Waals surface area contributed by atoms with Crippen molar-refractivity contribution in [2.75, 3.05) is 31.8 Å². The van der Waals surface area contributed by atoms with E-state index >= 15 is 0 Å². The number of carbonyl (C=O) groups excluding carboxylic acids is 2. The van der Waals surface area contributed by atoms with Gasteiger partial charge < -0.3 is 14.2 Å². The van der Waals surface area contributed by atoms with Crippen LogP contribution in [0, 0.1) is 0 Å². The van der Waals surface area contributed by atoms with Gasteiger partial charge in [-0.05, 0) is 38.0 Å². The molecule has 8 heteroatoms. The van der Waals surface area contributed by atoms with E-state index in [9.17, 15) is 9.59 Å². The van der Waals surface area contributed by atoms with Crippen molar-refractivity contribution in [3.63, 3.8) is 0 Å². The van der Waals surface area contributed by atoms with Crippen molar-refractivity contribution in [2.24, 2.45) is 0 Å². The van der Waals surface area contributed by atoms with Gasteiger partial charge in [0.1, 0.15) is 17.2 Å². The predicted octanol–water partition coefficient (Wildman–Crippen LogP) is 3.15. The lowest BCUT2D eigenvalue weighted by molar-refractivity contribution is 0.0606. The molecule has 0 spiro atoms. The van der Waals surface area contributed by atoms with Gasteiger partial charge in [0, 0.05) is 18.7 Å². The highest BCUT2D eigenvalue weighted by Crippen LogP contribution is 2.25. The molecule has 1 fully saturated rings. The number of amides is 1. The minimum absolute atomic E-state index is 0.114. The molecule has 0 bridgehead atoms. The topological polar surface area (TPSA) is 78.0 Å².